The smallest absolute Gasteiger partial charge is 0.303 e. The van der Waals surface area contributed by atoms with Crippen LogP contribution in [0.4, 0.5) is 0 Å². The van der Waals surface area contributed by atoms with Gasteiger partial charge in [0.2, 0.25) is 0 Å². The molecule has 0 aromatic heterocycles. The van der Waals surface area contributed by atoms with Crippen LogP contribution in [0.15, 0.2) is 60.7 Å². The van der Waals surface area contributed by atoms with Crippen molar-refractivity contribution >= 4 is 5.97 Å². The van der Waals surface area contributed by atoms with Crippen LogP contribution in [0.5, 0.6) is 0 Å². The lowest BCUT2D eigenvalue weighted by atomic mass is 9.98. The van der Waals surface area contributed by atoms with Gasteiger partial charge < -0.3 is 29.2 Å². The molecule has 0 aliphatic carbocycles. The summed E-state index contributed by atoms with van der Waals surface area (Å²) >= 11 is 0. The van der Waals surface area contributed by atoms with Crippen molar-refractivity contribution in [3.05, 3.63) is 71.8 Å². The monoisotopic (exact) mass is 402 g/mol. The van der Waals surface area contributed by atoms with E-state index in [1.54, 1.807) is 0 Å². The fourth-order valence-electron chi connectivity index (χ4n) is 3.28. The Labute approximate surface area is 169 Å². The van der Waals surface area contributed by atoms with Gasteiger partial charge in [-0.15, -0.1) is 0 Å². The molecule has 0 amide bonds. The Morgan fingerprint density at radius 1 is 0.897 bits per heavy atom. The SMILES string of the molecule is CC(=O)O[C@H]1C(O)OC(CO)[C@H](OCc2ccccc2)[C@@H]1OCc1ccccc1. The maximum atomic E-state index is 11.6. The second-order valence-corrected chi connectivity index (χ2v) is 6.84. The topological polar surface area (TPSA) is 94.5 Å². The summed E-state index contributed by atoms with van der Waals surface area (Å²) in [6.45, 7) is 1.34. The minimum atomic E-state index is -1.44. The van der Waals surface area contributed by atoms with Crippen LogP contribution in [-0.4, -0.2) is 53.5 Å². The fourth-order valence-corrected chi connectivity index (χ4v) is 3.28. The highest BCUT2D eigenvalue weighted by Gasteiger charge is 2.48. The third-order valence-electron chi connectivity index (χ3n) is 4.66. The third-order valence-corrected chi connectivity index (χ3v) is 4.66. The number of carbonyl (C=O) groups excluding carboxylic acids is 1. The van der Waals surface area contributed by atoms with Gasteiger partial charge in [-0.05, 0) is 11.1 Å². The average molecular weight is 402 g/mol. The Hall–Kier alpha value is -2.29. The van der Waals surface area contributed by atoms with Crippen LogP contribution in [0.1, 0.15) is 18.1 Å². The van der Waals surface area contributed by atoms with Crippen LogP contribution in [-0.2, 0) is 37.0 Å². The Kier molecular flexibility index (Phi) is 7.74. The number of rotatable bonds is 8. The van der Waals surface area contributed by atoms with E-state index in [1.807, 2.05) is 60.7 Å². The zero-order valence-electron chi connectivity index (χ0n) is 16.2. The Morgan fingerprint density at radius 2 is 1.41 bits per heavy atom. The molecule has 156 valence electrons. The molecule has 0 bridgehead atoms. The van der Waals surface area contributed by atoms with Crippen LogP contribution in [0.3, 0.4) is 0 Å². The molecule has 0 spiro atoms. The van der Waals surface area contributed by atoms with Crippen molar-refractivity contribution in [1.29, 1.82) is 0 Å². The minimum absolute atomic E-state index is 0.222. The minimum Gasteiger partial charge on any atom is -0.454 e. The lowest BCUT2D eigenvalue weighted by Crippen LogP contribution is -2.61. The lowest BCUT2D eigenvalue weighted by Gasteiger charge is -2.43. The van der Waals surface area contributed by atoms with E-state index < -0.39 is 36.7 Å². The summed E-state index contributed by atoms with van der Waals surface area (Å²) < 4.78 is 22.8. The Bertz CT molecular complexity index is 752. The number of esters is 1. The average Bonchev–Trinajstić information content (AvgIpc) is 2.74. The van der Waals surface area contributed by atoms with E-state index in [2.05, 4.69) is 0 Å². The molecule has 1 saturated heterocycles. The van der Waals surface area contributed by atoms with Crippen molar-refractivity contribution in [2.75, 3.05) is 6.61 Å². The van der Waals surface area contributed by atoms with E-state index in [0.717, 1.165) is 11.1 Å². The van der Waals surface area contributed by atoms with Gasteiger partial charge in [0.25, 0.3) is 0 Å². The number of aliphatic hydroxyl groups is 2. The predicted octanol–water partition coefficient (Wildman–Crippen LogP) is 1.80. The summed E-state index contributed by atoms with van der Waals surface area (Å²) in [5.74, 6) is -0.574. The van der Waals surface area contributed by atoms with Gasteiger partial charge in [0.15, 0.2) is 12.4 Å². The molecule has 2 unspecified atom stereocenters. The first-order valence-corrected chi connectivity index (χ1v) is 9.51. The Morgan fingerprint density at radius 3 is 1.90 bits per heavy atom. The van der Waals surface area contributed by atoms with Crippen molar-refractivity contribution in [1.82, 2.24) is 0 Å². The number of ether oxygens (including phenoxy) is 4. The molecule has 5 atom stereocenters. The molecule has 7 nitrogen and oxygen atoms in total. The molecule has 3 rings (SSSR count). The van der Waals surface area contributed by atoms with Gasteiger partial charge in [0.1, 0.15) is 18.3 Å². The van der Waals surface area contributed by atoms with Gasteiger partial charge in [-0.25, -0.2) is 0 Å². The van der Waals surface area contributed by atoms with Crippen LogP contribution in [0, 0.1) is 0 Å². The first kappa shape index (κ1) is 21.4. The number of hydrogen-bond acceptors (Lipinski definition) is 7. The summed E-state index contributed by atoms with van der Waals surface area (Å²) in [6.07, 6.45) is -4.94. The van der Waals surface area contributed by atoms with Crippen molar-refractivity contribution in [3.8, 4) is 0 Å². The zero-order valence-corrected chi connectivity index (χ0v) is 16.2. The van der Waals surface area contributed by atoms with E-state index in [4.69, 9.17) is 18.9 Å². The maximum Gasteiger partial charge on any atom is 0.303 e. The van der Waals surface area contributed by atoms with Crippen molar-refractivity contribution in [2.24, 2.45) is 0 Å². The molecule has 2 aromatic carbocycles. The normalized spacial score (nSPS) is 26.8. The highest BCUT2D eigenvalue weighted by molar-refractivity contribution is 5.66. The third kappa shape index (κ3) is 5.85. The molecular formula is C22H26O7. The predicted molar refractivity (Wildman–Crippen MR) is 104 cm³/mol. The highest BCUT2D eigenvalue weighted by atomic mass is 16.7. The van der Waals surface area contributed by atoms with Gasteiger partial charge >= 0.3 is 5.97 Å². The van der Waals surface area contributed by atoms with E-state index in [-0.39, 0.29) is 19.8 Å². The van der Waals surface area contributed by atoms with Crippen LogP contribution >= 0.6 is 0 Å². The maximum absolute atomic E-state index is 11.6. The van der Waals surface area contributed by atoms with E-state index >= 15 is 0 Å². The molecule has 29 heavy (non-hydrogen) atoms. The summed E-state index contributed by atoms with van der Waals surface area (Å²) in [5.41, 5.74) is 1.85. The van der Waals surface area contributed by atoms with Crippen LogP contribution in [0.25, 0.3) is 0 Å². The molecular weight excluding hydrogens is 376 g/mol. The second-order valence-electron chi connectivity index (χ2n) is 6.84. The van der Waals surface area contributed by atoms with Crippen molar-refractivity contribution < 1.29 is 34.0 Å². The molecule has 0 saturated carbocycles. The lowest BCUT2D eigenvalue weighted by molar-refractivity contribution is -0.307. The summed E-state index contributed by atoms with van der Waals surface area (Å²) in [6, 6.07) is 19.0. The van der Waals surface area contributed by atoms with E-state index in [1.165, 1.54) is 6.92 Å². The molecule has 1 heterocycles. The summed E-state index contributed by atoms with van der Waals surface area (Å²) in [5, 5.41) is 20.1. The van der Waals surface area contributed by atoms with Crippen molar-refractivity contribution in [2.45, 2.75) is 50.8 Å². The number of hydrogen-bond donors (Lipinski definition) is 2. The first-order chi connectivity index (χ1) is 14.1. The molecule has 2 aromatic rings. The highest BCUT2D eigenvalue weighted by Crippen LogP contribution is 2.28. The number of aliphatic hydroxyl groups excluding tert-OH is 2. The Balaban J connectivity index is 1.80. The number of carbonyl (C=O) groups is 1. The molecule has 2 N–H and O–H groups in total. The second kappa shape index (κ2) is 10.5. The number of benzene rings is 2. The van der Waals surface area contributed by atoms with E-state index in [0.29, 0.717) is 0 Å². The van der Waals surface area contributed by atoms with Gasteiger partial charge in [-0.1, -0.05) is 60.7 Å². The van der Waals surface area contributed by atoms with E-state index in [9.17, 15) is 15.0 Å². The molecule has 1 aliphatic heterocycles. The largest absolute Gasteiger partial charge is 0.454 e. The quantitative estimate of drug-likeness (QED) is 0.650. The van der Waals surface area contributed by atoms with Crippen LogP contribution < -0.4 is 0 Å². The fraction of sp³-hybridized carbons (Fsp3) is 0.409. The van der Waals surface area contributed by atoms with Crippen LogP contribution in [0.2, 0.25) is 0 Å². The molecule has 0 radical (unpaired) electrons. The van der Waals surface area contributed by atoms with Gasteiger partial charge in [-0.2, -0.15) is 0 Å². The standard InChI is InChI=1S/C22H26O7/c1-15(24)28-21-20(27-14-17-10-6-3-7-11-17)19(18(12-23)29-22(21)25)26-13-16-8-4-2-5-9-16/h2-11,18-23,25H,12-14H2,1H3/t18?,19-,20-,21+,22?/m0/s1. The summed E-state index contributed by atoms with van der Waals surface area (Å²) in [4.78, 5) is 11.6. The molecule has 7 heteroatoms. The van der Waals surface area contributed by atoms with Gasteiger partial charge in [0.05, 0.1) is 19.8 Å². The zero-order chi connectivity index (χ0) is 20.6. The molecule has 1 aliphatic rings. The summed E-state index contributed by atoms with van der Waals surface area (Å²) in [7, 11) is 0. The van der Waals surface area contributed by atoms with Gasteiger partial charge in [-0.3, -0.25) is 4.79 Å². The first-order valence-electron chi connectivity index (χ1n) is 9.51. The van der Waals surface area contributed by atoms with Crippen molar-refractivity contribution in [3.63, 3.8) is 0 Å². The van der Waals surface area contributed by atoms with Gasteiger partial charge in [0, 0.05) is 6.92 Å². The molecule has 1 fully saturated rings.